The summed E-state index contributed by atoms with van der Waals surface area (Å²) in [7, 11) is 1.66. The lowest BCUT2D eigenvalue weighted by atomic mass is 9.95. The van der Waals surface area contributed by atoms with Crippen LogP contribution >= 0.6 is 22.9 Å². The number of aryl methyl sites for hydroxylation is 1. The third-order valence-electron chi connectivity index (χ3n) is 3.39. The summed E-state index contributed by atoms with van der Waals surface area (Å²) in [6.45, 7) is 7.96. The number of rotatable bonds is 3. The first-order valence-corrected chi connectivity index (χ1v) is 8.40. The fourth-order valence-electron chi connectivity index (χ4n) is 2.13. The van der Waals surface area contributed by atoms with E-state index in [1.807, 2.05) is 26.8 Å². The number of nitrogens with zero attached hydrogens (tertiary/aromatic N) is 2. The second kappa shape index (κ2) is 6.45. The monoisotopic (exact) mass is 353 g/mol. The number of amides is 1. The van der Waals surface area contributed by atoms with E-state index in [1.54, 1.807) is 20.0 Å². The maximum atomic E-state index is 12.6. The first-order valence-electron chi connectivity index (χ1n) is 7.20. The van der Waals surface area contributed by atoms with Crippen LogP contribution in [0.2, 0.25) is 4.34 Å². The molecule has 0 saturated heterocycles. The Labute approximate surface area is 144 Å². The van der Waals surface area contributed by atoms with Crippen LogP contribution < -0.4 is 5.56 Å². The average Bonchev–Trinajstić information content (AvgIpc) is 2.82. The topological polar surface area (TPSA) is 66.1 Å². The molecule has 1 amide bonds. The smallest absolute Gasteiger partial charge is 0.264 e. The van der Waals surface area contributed by atoms with Crippen LogP contribution in [0.3, 0.4) is 0 Å². The van der Waals surface area contributed by atoms with E-state index in [-0.39, 0.29) is 16.9 Å². The van der Waals surface area contributed by atoms with E-state index in [0.717, 1.165) is 4.88 Å². The van der Waals surface area contributed by atoms with E-state index in [4.69, 9.17) is 11.6 Å². The fourth-order valence-corrected chi connectivity index (χ4v) is 3.27. The first-order chi connectivity index (χ1) is 10.6. The normalized spacial score (nSPS) is 11.6. The number of aromatic amines is 1. The standard InChI is InChI=1S/C16H20ClN3O2S/c1-9-12(13(21)19-15(18-9)16(2,3)4)14(22)20(5)8-10-6-7-11(17)23-10/h6-7H,8H2,1-5H3,(H,18,19,21). The van der Waals surface area contributed by atoms with Gasteiger partial charge in [0.2, 0.25) is 0 Å². The maximum absolute atomic E-state index is 12.6. The Balaban J connectivity index is 2.30. The van der Waals surface area contributed by atoms with Gasteiger partial charge in [-0.25, -0.2) is 4.98 Å². The van der Waals surface area contributed by atoms with Crippen molar-refractivity contribution in [2.75, 3.05) is 7.05 Å². The Kier molecular flexibility index (Phi) is 4.96. The van der Waals surface area contributed by atoms with Crippen LogP contribution in [0.15, 0.2) is 16.9 Å². The molecule has 0 bridgehead atoms. The highest BCUT2D eigenvalue weighted by molar-refractivity contribution is 7.16. The number of nitrogens with one attached hydrogen (secondary N) is 1. The quantitative estimate of drug-likeness (QED) is 0.920. The minimum Gasteiger partial charge on any atom is -0.336 e. The summed E-state index contributed by atoms with van der Waals surface area (Å²) in [5.41, 5.74) is -0.156. The molecule has 5 nitrogen and oxygen atoms in total. The van der Waals surface area contributed by atoms with E-state index in [1.165, 1.54) is 16.2 Å². The van der Waals surface area contributed by atoms with Crippen LogP contribution in [0.5, 0.6) is 0 Å². The van der Waals surface area contributed by atoms with Crippen molar-refractivity contribution in [1.29, 1.82) is 0 Å². The molecule has 0 aliphatic rings. The van der Waals surface area contributed by atoms with E-state index in [2.05, 4.69) is 9.97 Å². The van der Waals surface area contributed by atoms with Gasteiger partial charge in [-0.2, -0.15) is 0 Å². The lowest BCUT2D eigenvalue weighted by Gasteiger charge is -2.20. The molecular weight excluding hydrogens is 334 g/mol. The van der Waals surface area contributed by atoms with Crippen LogP contribution in [0.4, 0.5) is 0 Å². The van der Waals surface area contributed by atoms with Gasteiger partial charge in [-0.1, -0.05) is 32.4 Å². The molecule has 0 aliphatic heterocycles. The molecule has 0 atom stereocenters. The number of hydrogen-bond donors (Lipinski definition) is 1. The molecule has 2 aromatic heterocycles. The lowest BCUT2D eigenvalue weighted by Crippen LogP contribution is -2.34. The number of carbonyl (C=O) groups is 1. The largest absolute Gasteiger partial charge is 0.336 e. The first kappa shape index (κ1) is 17.7. The van der Waals surface area contributed by atoms with Crippen LogP contribution in [0.25, 0.3) is 0 Å². The van der Waals surface area contributed by atoms with Gasteiger partial charge in [0.1, 0.15) is 11.4 Å². The van der Waals surface area contributed by atoms with Crippen molar-refractivity contribution in [2.24, 2.45) is 0 Å². The van der Waals surface area contributed by atoms with Gasteiger partial charge in [0.05, 0.1) is 16.6 Å². The van der Waals surface area contributed by atoms with Crippen molar-refractivity contribution in [3.63, 3.8) is 0 Å². The summed E-state index contributed by atoms with van der Waals surface area (Å²) in [5.74, 6) is 0.227. The number of aromatic nitrogens is 2. The molecule has 0 aliphatic carbocycles. The van der Waals surface area contributed by atoms with Gasteiger partial charge >= 0.3 is 0 Å². The molecule has 0 fully saturated rings. The summed E-state index contributed by atoms with van der Waals surface area (Å²) in [6, 6.07) is 3.66. The number of thiophene rings is 1. The molecule has 2 heterocycles. The van der Waals surface area contributed by atoms with E-state index < -0.39 is 5.56 Å². The van der Waals surface area contributed by atoms with Crippen molar-refractivity contribution in [1.82, 2.24) is 14.9 Å². The van der Waals surface area contributed by atoms with E-state index >= 15 is 0 Å². The SMILES string of the molecule is Cc1nc(C(C)(C)C)[nH]c(=O)c1C(=O)N(C)Cc1ccc(Cl)s1. The minimum atomic E-state index is -0.400. The molecule has 23 heavy (non-hydrogen) atoms. The number of halogens is 1. The Hall–Kier alpha value is -1.66. The zero-order valence-electron chi connectivity index (χ0n) is 13.9. The Morgan fingerprint density at radius 3 is 2.52 bits per heavy atom. The number of H-pyrrole nitrogens is 1. The van der Waals surface area contributed by atoms with Crippen LogP contribution in [-0.4, -0.2) is 27.8 Å². The van der Waals surface area contributed by atoms with Crippen LogP contribution in [0, 0.1) is 6.92 Å². The number of hydrogen-bond acceptors (Lipinski definition) is 4. The van der Waals surface area contributed by atoms with Crippen molar-refractivity contribution in [2.45, 2.75) is 39.7 Å². The third-order valence-corrected chi connectivity index (χ3v) is 4.61. The molecular formula is C16H20ClN3O2S. The average molecular weight is 354 g/mol. The molecule has 1 N–H and O–H groups in total. The summed E-state index contributed by atoms with van der Waals surface area (Å²) >= 11 is 7.31. The third kappa shape index (κ3) is 4.00. The zero-order valence-corrected chi connectivity index (χ0v) is 15.4. The van der Waals surface area contributed by atoms with Crippen molar-refractivity contribution >= 4 is 28.8 Å². The predicted molar refractivity (Wildman–Crippen MR) is 93.4 cm³/mol. The molecule has 0 spiro atoms. The molecule has 7 heteroatoms. The van der Waals surface area contributed by atoms with Gasteiger partial charge < -0.3 is 9.88 Å². The molecule has 2 aromatic rings. The van der Waals surface area contributed by atoms with Crippen molar-refractivity contribution < 1.29 is 4.79 Å². The molecule has 0 aromatic carbocycles. The van der Waals surface area contributed by atoms with Gasteiger partial charge in [-0.3, -0.25) is 9.59 Å². The molecule has 0 radical (unpaired) electrons. The van der Waals surface area contributed by atoms with Gasteiger partial charge in [0.25, 0.3) is 11.5 Å². The second-order valence-corrected chi connectivity index (χ2v) is 8.29. The predicted octanol–water partition coefficient (Wildman–Crippen LogP) is 3.36. The highest BCUT2D eigenvalue weighted by Gasteiger charge is 2.24. The number of carbonyl (C=O) groups excluding carboxylic acids is 1. The highest BCUT2D eigenvalue weighted by atomic mass is 35.5. The molecule has 0 saturated carbocycles. The van der Waals surface area contributed by atoms with Crippen molar-refractivity contribution in [3.8, 4) is 0 Å². The summed E-state index contributed by atoms with van der Waals surface area (Å²) in [4.78, 5) is 34.5. The molecule has 2 rings (SSSR count). The van der Waals surface area contributed by atoms with Crippen molar-refractivity contribution in [3.05, 3.63) is 48.8 Å². The minimum absolute atomic E-state index is 0.0863. The second-order valence-electron chi connectivity index (χ2n) is 6.49. The summed E-state index contributed by atoms with van der Waals surface area (Å²) < 4.78 is 0.672. The molecule has 124 valence electrons. The lowest BCUT2D eigenvalue weighted by molar-refractivity contribution is 0.0783. The maximum Gasteiger partial charge on any atom is 0.264 e. The van der Waals surface area contributed by atoms with Gasteiger partial charge in [-0.15, -0.1) is 11.3 Å². The zero-order chi connectivity index (χ0) is 17.4. The Bertz CT molecular complexity index is 789. The van der Waals surface area contributed by atoms with Crippen LogP contribution in [-0.2, 0) is 12.0 Å². The molecule has 0 unspecified atom stereocenters. The fraction of sp³-hybridized carbons (Fsp3) is 0.438. The van der Waals surface area contributed by atoms with Gasteiger partial charge in [0.15, 0.2) is 0 Å². The van der Waals surface area contributed by atoms with Gasteiger partial charge in [0, 0.05) is 17.3 Å². The highest BCUT2D eigenvalue weighted by Crippen LogP contribution is 2.23. The summed E-state index contributed by atoms with van der Waals surface area (Å²) in [5, 5.41) is 0. The van der Waals surface area contributed by atoms with Crippen LogP contribution in [0.1, 0.15) is 47.5 Å². The van der Waals surface area contributed by atoms with Gasteiger partial charge in [-0.05, 0) is 19.1 Å². The Morgan fingerprint density at radius 2 is 2.04 bits per heavy atom. The Morgan fingerprint density at radius 1 is 1.39 bits per heavy atom. The summed E-state index contributed by atoms with van der Waals surface area (Å²) in [6.07, 6.45) is 0. The van der Waals surface area contributed by atoms with E-state index in [9.17, 15) is 9.59 Å². The van der Waals surface area contributed by atoms with E-state index in [0.29, 0.717) is 22.4 Å².